The van der Waals surface area contributed by atoms with Crippen molar-refractivity contribution in [3.63, 3.8) is 0 Å². The molecule has 0 atom stereocenters. The number of fused-ring (bicyclic) bond motifs is 1. The lowest BCUT2D eigenvalue weighted by Gasteiger charge is -1.89. The summed E-state index contributed by atoms with van der Waals surface area (Å²) in [6.45, 7) is 1.68. The maximum Gasteiger partial charge on any atom is 0.225 e. The van der Waals surface area contributed by atoms with E-state index < -0.39 is 0 Å². The highest BCUT2D eigenvalue weighted by molar-refractivity contribution is 14.1. The van der Waals surface area contributed by atoms with E-state index in [9.17, 15) is 0 Å². The third-order valence-electron chi connectivity index (χ3n) is 1.29. The second kappa shape index (κ2) is 1.86. The van der Waals surface area contributed by atoms with Gasteiger partial charge in [0.05, 0.1) is 16.3 Å². The van der Waals surface area contributed by atoms with Gasteiger partial charge in [0, 0.05) is 0 Å². The summed E-state index contributed by atoms with van der Waals surface area (Å²) in [4.78, 5) is 0. The van der Waals surface area contributed by atoms with Crippen LogP contribution in [0, 0.1) is 3.57 Å². The molecule has 0 fully saturated rings. The van der Waals surface area contributed by atoms with E-state index in [2.05, 4.69) is 27.7 Å². The van der Waals surface area contributed by atoms with Crippen molar-refractivity contribution in [2.75, 3.05) is 6.61 Å². The predicted octanol–water partition coefficient (Wildman–Crippen LogP) is 0.880. The quantitative estimate of drug-likeness (QED) is 0.625. The average molecular weight is 236 g/mol. The first-order chi connectivity index (χ1) is 4.38. The second-order valence-corrected chi connectivity index (χ2v) is 3.03. The zero-order valence-electron chi connectivity index (χ0n) is 4.67. The van der Waals surface area contributed by atoms with E-state index >= 15 is 0 Å². The highest BCUT2D eigenvalue weighted by atomic mass is 127. The molecular weight excluding hydrogens is 231 g/mol. The van der Waals surface area contributed by atoms with Crippen molar-refractivity contribution in [1.29, 1.82) is 0 Å². The van der Waals surface area contributed by atoms with E-state index in [1.807, 2.05) is 10.9 Å². The Morgan fingerprint density at radius 1 is 1.78 bits per heavy atom. The molecule has 0 bridgehead atoms. The summed E-state index contributed by atoms with van der Waals surface area (Å²) in [7, 11) is 0. The summed E-state index contributed by atoms with van der Waals surface area (Å²) in [6, 6.07) is 0. The van der Waals surface area contributed by atoms with Crippen LogP contribution in [0.4, 0.5) is 0 Å². The molecule has 1 aliphatic rings. The summed E-state index contributed by atoms with van der Waals surface area (Å²) in [5.41, 5.74) is 0. The van der Waals surface area contributed by atoms with Gasteiger partial charge in [0.25, 0.3) is 0 Å². The van der Waals surface area contributed by atoms with Gasteiger partial charge in [-0.3, -0.25) is 0 Å². The summed E-state index contributed by atoms with van der Waals surface area (Å²) < 4.78 is 8.24. The van der Waals surface area contributed by atoms with Gasteiger partial charge in [0.2, 0.25) is 5.88 Å². The molecule has 0 radical (unpaired) electrons. The maximum atomic E-state index is 5.26. The summed E-state index contributed by atoms with van der Waals surface area (Å²) >= 11 is 2.21. The molecular formula is C5H5IN2O. The van der Waals surface area contributed by atoms with E-state index in [0.29, 0.717) is 0 Å². The zero-order valence-corrected chi connectivity index (χ0v) is 6.83. The molecule has 48 valence electrons. The molecule has 2 heterocycles. The van der Waals surface area contributed by atoms with Gasteiger partial charge in [-0.05, 0) is 22.6 Å². The topological polar surface area (TPSA) is 27.1 Å². The minimum atomic E-state index is 0.777. The number of aromatic nitrogens is 2. The Bertz CT molecular complexity index is 233. The van der Waals surface area contributed by atoms with Gasteiger partial charge in [0.15, 0.2) is 0 Å². The molecule has 0 spiro atoms. The van der Waals surface area contributed by atoms with Gasteiger partial charge in [-0.15, -0.1) is 0 Å². The molecule has 9 heavy (non-hydrogen) atoms. The molecule has 2 rings (SSSR count). The third-order valence-corrected chi connectivity index (χ3v) is 2.03. The van der Waals surface area contributed by atoms with Gasteiger partial charge in [0.1, 0.15) is 6.61 Å². The lowest BCUT2D eigenvalue weighted by molar-refractivity contribution is 0.354. The number of hydrogen-bond donors (Lipinski definition) is 0. The highest BCUT2D eigenvalue weighted by Crippen LogP contribution is 2.23. The standard InChI is InChI=1S/C5H5IN2O/c6-4-3-7-8-1-2-9-5(4)8/h3H,1-2H2. The van der Waals surface area contributed by atoms with E-state index in [0.717, 1.165) is 22.6 Å². The molecule has 3 nitrogen and oxygen atoms in total. The molecule has 0 saturated heterocycles. The van der Waals surface area contributed by atoms with Gasteiger partial charge in [-0.2, -0.15) is 5.10 Å². The minimum Gasteiger partial charge on any atom is -0.475 e. The molecule has 0 N–H and O–H groups in total. The number of hydrogen-bond acceptors (Lipinski definition) is 2. The highest BCUT2D eigenvalue weighted by Gasteiger charge is 2.14. The SMILES string of the molecule is Ic1cnn2c1OCC2. The largest absolute Gasteiger partial charge is 0.475 e. The van der Waals surface area contributed by atoms with E-state index in [4.69, 9.17) is 4.74 Å². The van der Waals surface area contributed by atoms with Crippen LogP contribution < -0.4 is 4.74 Å². The Kier molecular flexibility index (Phi) is 1.14. The van der Waals surface area contributed by atoms with Crippen LogP contribution in [0.1, 0.15) is 0 Å². The number of nitrogens with zero attached hydrogens (tertiary/aromatic N) is 2. The molecule has 0 unspecified atom stereocenters. The molecule has 1 aromatic heterocycles. The fourth-order valence-electron chi connectivity index (χ4n) is 0.883. The Morgan fingerprint density at radius 2 is 2.67 bits per heavy atom. The van der Waals surface area contributed by atoms with Crippen molar-refractivity contribution in [2.45, 2.75) is 6.54 Å². The third kappa shape index (κ3) is 0.726. The smallest absolute Gasteiger partial charge is 0.225 e. The van der Waals surface area contributed by atoms with Gasteiger partial charge >= 0.3 is 0 Å². The zero-order chi connectivity index (χ0) is 6.27. The van der Waals surface area contributed by atoms with Gasteiger partial charge in [-0.1, -0.05) is 0 Å². The second-order valence-electron chi connectivity index (χ2n) is 1.87. The summed E-state index contributed by atoms with van der Waals surface area (Å²) in [5.74, 6) is 0.926. The Morgan fingerprint density at radius 3 is 3.44 bits per heavy atom. The van der Waals surface area contributed by atoms with Crippen LogP contribution in [0.3, 0.4) is 0 Å². The fraction of sp³-hybridized carbons (Fsp3) is 0.400. The molecule has 1 aliphatic heterocycles. The summed E-state index contributed by atoms with van der Waals surface area (Å²) in [6.07, 6.45) is 1.81. The number of rotatable bonds is 0. The van der Waals surface area contributed by atoms with Crippen molar-refractivity contribution in [3.8, 4) is 5.88 Å². The van der Waals surface area contributed by atoms with Crippen molar-refractivity contribution >= 4 is 22.6 Å². The fourth-order valence-corrected chi connectivity index (χ4v) is 1.44. The normalized spacial score (nSPS) is 15.2. The van der Waals surface area contributed by atoms with Crippen LogP contribution in [0.15, 0.2) is 6.20 Å². The maximum absolute atomic E-state index is 5.26. The van der Waals surface area contributed by atoms with Crippen LogP contribution in [-0.2, 0) is 6.54 Å². The first kappa shape index (κ1) is 5.52. The Labute approximate surface area is 66.1 Å². The average Bonchev–Trinajstić information content (AvgIpc) is 2.35. The molecule has 0 saturated carbocycles. The van der Waals surface area contributed by atoms with E-state index in [1.54, 1.807) is 0 Å². The van der Waals surface area contributed by atoms with Crippen molar-refractivity contribution in [1.82, 2.24) is 9.78 Å². The molecule has 0 aromatic carbocycles. The molecule has 0 aliphatic carbocycles. The van der Waals surface area contributed by atoms with E-state index in [1.165, 1.54) is 0 Å². The van der Waals surface area contributed by atoms with Crippen molar-refractivity contribution in [2.24, 2.45) is 0 Å². The first-order valence-corrected chi connectivity index (χ1v) is 3.80. The van der Waals surface area contributed by atoms with Crippen molar-refractivity contribution < 1.29 is 4.74 Å². The van der Waals surface area contributed by atoms with Crippen LogP contribution >= 0.6 is 22.6 Å². The predicted molar refractivity (Wildman–Crippen MR) is 40.4 cm³/mol. The lowest BCUT2D eigenvalue weighted by atomic mass is 10.7. The number of ether oxygens (including phenoxy) is 1. The van der Waals surface area contributed by atoms with Gasteiger partial charge in [-0.25, -0.2) is 4.68 Å². The van der Waals surface area contributed by atoms with Crippen molar-refractivity contribution in [3.05, 3.63) is 9.77 Å². The lowest BCUT2D eigenvalue weighted by Crippen LogP contribution is -1.93. The van der Waals surface area contributed by atoms with Gasteiger partial charge < -0.3 is 4.74 Å². The van der Waals surface area contributed by atoms with Crippen LogP contribution in [-0.4, -0.2) is 16.4 Å². The Balaban J connectivity index is 2.56. The van der Waals surface area contributed by atoms with Crippen LogP contribution in [0.25, 0.3) is 0 Å². The van der Waals surface area contributed by atoms with Crippen LogP contribution in [0.2, 0.25) is 0 Å². The minimum absolute atomic E-state index is 0.777. The van der Waals surface area contributed by atoms with E-state index in [-0.39, 0.29) is 0 Å². The first-order valence-electron chi connectivity index (χ1n) is 2.72. The Hall–Kier alpha value is -0.260. The molecule has 4 heteroatoms. The van der Waals surface area contributed by atoms with Crippen LogP contribution in [0.5, 0.6) is 5.88 Å². The number of halogens is 1. The molecule has 0 amide bonds. The monoisotopic (exact) mass is 236 g/mol. The molecule has 1 aromatic rings. The summed E-state index contributed by atoms with van der Waals surface area (Å²) in [5, 5.41) is 4.08.